The summed E-state index contributed by atoms with van der Waals surface area (Å²) in [6, 6.07) is 7.65. The van der Waals surface area contributed by atoms with Crippen LogP contribution in [0.5, 0.6) is 5.75 Å². The molecule has 1 aromatic carbocycles. The first kappa shape index (κ1) is 18.3. The SMILES string of the molecule is CCCCOc1ccc(-c2nc(C)c(C(=O)OCC)[se]2)cc1C#N. The molecule has 0 N–H and O–H groups in total. The molecule has 0 atom stereocenters. The summed E-state index contributed by atoms with van der Waals surface area (Å²) < 4.78 is 12.2. The maximum atomic E-state index is 11.9. The van der Waals surface area contributed by atoms with E-state index in [2.05, 4.69) is 18.0 Å². The zero-order valence-corrected chi connectivity index (χ0v) is 15.8. The van der Waals surface area contributed by atoms with Gasteiger partial charge in [-0.3, -0.25) is 0 Å². The predicted molar refractivity (Wildman–Crippen MR) is 92.4 cm³/mol. The first-order valence-electron chi connectivity index (χ1n) is 7.92. The average molecular weight is 391 g/mol. The summed E-state index contributed by atoms with van der Waals surface area (Å²) in [7, 11) is 0. The van der Waals surface area contributed by atoms with Crippen LogP contribution in [0.4, 0.5) is 0 Å². The Kier molecular flexibility index (Phi) is 6.60. The Morgan fingerprint density at radius 1 is 1.38 bits per heavy atom. The van der Waals surface area contributed by atoms with Gasteiger partial charge in [-0.15, -0.1) is 0 Å². The van der Waals surface area contributed by atoms with Crippen molar-refractivity contribution in [2.75, 3.05) is 13.2 Å². The number of nitriles is 1. The van der Waals surface area contributed by atoms with E-state index in [1.807, 2.05) is 13.0 Å². The standard InChI is InChI=1S/C18H20N2O3Se/c1-4-6-9-23-15-8-7-13(10-14(15)11-19)17-20-12(3)16(24-17)18(21)22-5-2/h7-8,10H,4-6,9H2,1-3H3. The number of benzene rings is 1. The molecule has 1 aromatic heterocycles. The van der Waals surface area contributed by atoms with Gasteiger partial charge in [-0.25, -0.2) is 0 Å². The first-order chi connectivity index (χ1) is 11.6. The van der Waals surface area contributed by atoms with E-state index in [1.165, 1.54) is 0 Å². The van der Waals surface area contributed by atoms with Crippen LogP contribution in [0.15, 0.2) is 18.2 Å². The molecule has 0 aliphatic heterocycles. The van der Waals surface area contributed by atoms with Crippen LogP contribution in [-0.2, 0) is 4.74 Å². The van der Waals surface area contributed by atoms with Crippen molar-refractivity contribution in [2.24, 2.45) is 0 Å². The molecule has 0 aliphatic carbocycles. The molecule has 0 radical (unpaired) electrons. The maximum absolute atomic E-state index is 11.9. The summed E-state index contributed by atoms with van der Waals surface area (Å²) in [5, 5.41) is 9.36. The normalized spacial score (nSPS) is 10.2. The minimum absolute atomic E-state index is 0.215. The van der Waals surface area contributed by atoms with Crippen molar-refractivity contribution >= 4 is 20.5 Å². The molecule has 0 aliphatic rings. The second kappa shape index (κ2) is 8.68. The Bertz CT molecular complexity index is 762. The Labute approximate surface area is 148 Å². The fourth-order valence-electron chi connectivity index (χ4n) is 2.11. The Hall–Kier alpha value is -2.09. The van der Waals surface area contributed by atoms with Crippen molar-refractivity contribution < 1.29 is 14.3 Å². The van der Waals surface area contributed by atoms with Crippen molar-refractivity contribution in [3.63, 3.8) is 0 Å². The number of rotatable bonds is 7. The molecular formula is C18H20N2O3Se. The van der Waals surface area contributed by atoms with Crippen molar-refractivity contribution in [3.05, 3.63) is 33.9 Å². The van der Waals surface area contributed by atoms with Crippen LogP contribution in [0.3, 0.4) is 0 Å². The van der Waals surface area contributed by atoms with Crippen LogP contribution in [0.2, 0.25) is 0 Å². The summed E-state index contributed by atoms with van der Waals surface area (Å²) in [6.45, 7) is 6.64. The molecule has 0 saturated heterocycles. The predicted octanol–water partition coefficient (Wildman–Crippen LogP) is 3.34. The fraction of sp³-hybridized carbons (Fsp3) is 0.389. The van der Waals surface area contributed by atoms with E-state index in [4.69, 9.17) is 9.47 Å². The number of unbranched alkanes of at least 4 members (excludes halogenated alkanes) is 1. The van der Waals surface area contributed by atoms with Gasteiger partial charge in [0.05, 0.1) is 0 Å². The van der Waals surface area contributed by atoms with Crippen molar-refractivity contribution in [2.45, 2.75) is 33.6 Å². The van der Waals surface area contributed by atoms with Crippen LogP contribution in [-0.4, -0.2) is 38.7 Å². The van der Waals surface area contributed by atoms with Crippen molar-refractivity contribution in [1.82, 2.24) is 4.98 Å². The Morgan fingerprint density at radius 3 is 2.83 bits per heavy atom. The number of hydrogen-bond donors (Lipinski definition) is 0. The number of aromatic nitrogens is 1. The zero-order valence-electron chi connectivity index (χ0n) is 14.1. The minimum atomic E-state index is -0.297. The van der Waals surface area contributed by atoms with Crippen LogP contribution < -0.4 is 4.74 Å². The summed E-state index contributed by atoms with van der Waals surface area (Å²) in [6.07, 6.45) is 2.00. The molecule has 24 heavy (non-hydrogen) atoms. The van der Waals surface area contributed by atoms with Gasteiger partial charge in [-0.2, -0.15) is 0 Å². The molecule has 6 heteroatoms. The van der Waals surface area contributed by atoms with E-state index in [1.54, 1.807) is 19.1 Å². The molecular weight excluding hydrogens is 371 g/mol. The van der Waals surface area contributed by atoms with Gasteiger partial charge in [0.1, 0.15) is 0 Å². The number of hydrogen-bond acceptors (Lipinski definition) is 5. The molecule has 0 amide bonds. The number of carbonyl (C=O) groups excluding carboxylic acids is 1. The van der Waals surface area contributed by atoms with Crippen LogP contribution >= 0.6 is 0 Å². The molecule has 0 bridgehead atoms. The summed E-state index contributed by atoms with van der Waals surface area (Å²) in [4.78, 5) is 16.4. The topological polar surface area (TPSA) is 72.2 Å². The van der Waals surface area contributed by atoms with Crippen LogP contribution in [0.25, 0.3) is 10.1 Å². The van der Waals surface area contributed by atoms with E-state index in [9.17, 15) is 10.1 Å². The summed E-state index contributed by atoms with van der Waals surface area (Å²) >= 11 is -0.215. The number of nitrogens with zero attached hydrogens (tertiary/aromatic N) is 2. The zero-order chi connectivity index (χ0) is 17.5. The van der Waals surface area contributed by atoms with E-state index in [0.717, 1.165) is 23.0 Å². The van der Waals surface area contributed by atoms with Gasteiger partial charge in [0, 0.05) is 0 Å². The quantitative estimate of drug-likeness (QED) is 0.411. The monoisotopic (exact) mass is 392 g/mol. The molecule has 1 heterocycles. The molecule has 2 rings (SSSR count). The van der Waals surface area contributed by atoms with Gasteiger partial charge < -0.3 is 0 Å². The molecule has 5 nitrogen and oxygen atoms in total. The molecule has 2 aromatic rings. The van der Waals surface area contributed by atoms with Gasteiger partial charge in [0.15, 0.2) is 0 Å². The van der Waals surface area contributed by atoms with Crippen LogP contribution in [0.1, 0.15) is 47.2 Å². The molecule has 0 saturated carbocycles. The third-order valence-electron chi connectivity index (χ3n) is 3.36. The van der Waals surface area contributed by atoms with Crippen molar-refractivity contribution in [3.8, 4) is 22.0 Å². The van der Waals surface area contributed by atoms with Gasteiger partial charge in [-0.1, -0.05) is 0 Å². The van der Waals surface area contributed by atoms with Crippen LogP contribution in [0, 0.1) is 18.3 Å². The molecule has 0 fully saturated rings. The third kappa shape index (κ3) is 4.25. The van der Waals surface area contributed by atoms with Gasteiger partial charge in [0.25, 0.3) is 0 Å². The Morgan fingerprint density at radius 2 is 2.17 bits per heavy atom. The van der Waals surface area contributed by atoms with E-state index >= 15 is 0 Å². The summed E-state index contributed by atoms with van der Waals surface area (Å²) in [5.41, 5.74) is 2.04. The second-order valence-electron chi connectivity index (χ2n) is 5.18. The van der Waals surface area contributed by atoms with E-state index in [0.29, 0.717) is 34.7 Å². The molecule has 0 unspecified atom stereocenters. The fourth-order valence-corrected chi connectivity index (χ4v) is 4.12. The molecule has 126 valence electrons. The van der Waals surface area contributed by atoms with Gasteiger partial charge in [-0.05, 0) is 0 Å². The Balaban J connectivity index is 2.28. The van der Waals surface area contributed by atoms with Crippen molar-refractivity contribution in [1.29, 1.82) is 5.26 Å². The van der Waals surface area contributed by atoms with Gasteiger partial charge >= 0.3 is 148 Å². The second-order valence-corrected chi connectivity index (χ2v) is 7.27. The average Bonchev–Trinajstić information content (AvgIpc) is 2.97. The number of esters is 1. The van der Waals surface area contributed by atoms with Gasteiger partial charge in [0.2, 0.25) is 0 Å². The molecule has 0 spiro atoms. The number of ether oxygens (including phenoxy) is 2. The number of carbonyl (C=O) groups is 1. The summed E-state index contributed by atoms with van der Waals surface area (Å²) in [5.74, 6) is 0.296. The third-order valence-corrected chi connectivity index (χ3v) is 5.85. The number of aryl methyl sites for hydroxylation is 1. The van der Waals surface area contributed by atoms with E-state index in [-0.39, 0.29) is 20.5 Å². The van der Waals surface area contributed by atoms with E-state index < -0.39 is 0 Å². The first-order valence-corrected chi connectivity index (χ1v) is 9.63.